The molecule has 2 rings (SSSR count). The molecule has 1 amide bonds. The molecule has 0 atom stereocenters. The molecule has 1 heterocycles. The van der Waals surface area contributed by atoms with Gasteiger partial charge < -0.3 is 14.4 Å². The summed E-state index contributed by atoms with van der Waals surface area (Å²) in [6.07, 6.45) is 1.50. The zero-order chi connectivity index (χ0) is 15.8. The molecule has 0 radical (unpaired) electrons. The Balaban J connectivity index is 2.08. The van der Waals surface area contributed by atoms with Crippen LogP contribution in [0.4, 0.5) is 0 Å². The SMILES string of the molecule is COCCN(CCOC)C(=O)c1ccc(-n2cnnn2)cc1. The van der Waals surface area contributed by atoms with Gasteiger partial charge in [-0.2, -0.15) is 0 Å². The molecule has 0 N–H and O–H groups in total. The van der Waals surface area contributed by atoms with Crippen molar-refractivity contribution in [2.24, 2.45) is 0 Å². The molecule has 0 spiro atoms. The summed E-state index contributed by atoms with van der Waals surface area (Å²) in [5.41, 5.74) is 1.39. The van der Waals surface area contributed by atoms with E-state index in [4.69, 9.17) is 9.47 Å². The molecule has 0 unspecified atom stereocenters. The highest BCUT2D eigenvalue weighted by Gasteiger charge is 2.15. The first-order valence-corrected chi connectivity index (χ1v) is 6.87. The molecular formula is C14H19N5O3. The van der Waals surface area contributed by atoms with Gasteiger partial charge in [0.25, 0.3) is 5.91 Å². The van der Waals surface area contributed by atoms with E-state index in [9.17, 15) is 4.79 Å². The maximum Gasteiger partial charge on any atom is 0.254 e. The van der Waals surface area contributed by atoms with Crippen LogP contribution in [-0.2, 0) is 9.47 Å². The van der Waals surface area contributed by atoms with Crippen molar-refractivity contribution >= 4 is 5.91 Å². The Bertz CT molecular complexity index is 563. The van der Waals surface area contributed by atoms with Gasteiger partial charge in [-0.3, -0.25) is 4.79 Å². The van der Waals surface area contributed by atoms with Crippen LogP contribution in [0.2, 0.25) is 0 Å². The van der Waals surface area contributed by atoms with Gasteiger partial charge in [0.15, 0.2) is 0 Å². The first-order chi connectivity index (χ1) is 10.8. The van der Waals surface area contributed by atoms with E-state index in [1.165, 1.54) is 11.0 Å². The number of hydrogen-bond donors (Lipinski definition) is 0. The third-order valence-electron chi connectivity index (χ3n) is 3.15. The van der Waals surface area contributed by atoms with E-state index in [1.807, 2.05) is 0 Å². The zero-order valence-corrected chi connectivity index (χ0v) is 12.7. The van der Waals surface area contributed by atoms with Gasteiger partial charge in [0.2, 0.25) is 0 Å². The molecule has 8 nitrogen and oxygen atoms in total. The summed E-state index contributed by atoms with van der Waals surface area (Å²) in [5.74, 6) is -0.0580. The fourth-order valence-electron chi connectivity index (χ4n) is 1.94. The van der Waals surface area contributed by atoms with Crippen LogP contribution in [0.25, 0.3) is 5.69 Å². The summed E-state index contributed by atoms with van der Waals surface area (Å²) in [6.45, 7) is 2.01. The predicted octanol–water partition coefficient (Wildman–Crippen LogP) is 0.397. The second-order valence-corrected chi connectivity index (χ2v) is 4.58. The van der Waals surface area contributed by atoms with Gasteiger partial charge in [0.1, 0.15) is 6.33 Å². The Labute approximate surface area is 128 Å². The van der Waals surface area contributed by atoms with E-state index in [2.05, 4.69) is 15.5 Å². The highest BCUT2D eigenvalue weighted by atomic mass is 16.5. The third-order valence-corrected chi connectivity index (χ3v) is 3.15. The number of carbonyl (C=O) groups excluding carboxylic acids is 1. The number of hydrogen-bond acceptors (Lipinski definition) is 6. The second kappa shape index (κ2) is 8.20. The van der Waals surface area contributed by atoms with Crippen molar-refractivity contribution in [2.75, 3.05) is 40.5 Å². The fraction of sp³-hybridized carbons (Fsp3) is 0.429. The number of rotatable bonds is 8. The number of carbonyl (C=O) groups is 1. The van der Waals surface area contributed by atoms with Crippen LogP contribution >= 0.6 is 0 Å². The first kappa shape index (κ1) is 16.1. The van der Waals surface area contributed by atoms with E-state index in [0.29, 0.717) is 31.9 Å². The molecule has 0 fully saturated rings. The Kier molecular flexibility index (Phi) is 5.99. The molecule has 1 aromatic carbocycles. The van der Waals surface area contributed by atoms with Crippen molar-refractivity contribution < 1.29 is 14.3 Å². The number of methoxy groups -OCH3 is 2. The fourth-order valence-corrected chi connectivity index (χ4v) is 1.94. The molecule has 1 aromatic heterocycles. The molecule has 22 heavy (non-hydrogen) atoms. The predicted molar refractivity (Wildman–Crippen MR) is 78.8 cm³/mol. The van der Waals surface area contributed by atoms with Crippen molar-refractivity contribution in [1.29, 1.82) is 0 Å². The van der Waals surface area contributed by atoms with Crippen molar-refractivity contribution in [3.05, 3.63) is 36.2 Å². The number of nitrogens with zero attached hydrogens (tertiary/aromatic N) is 5. The highest BCUT2D eigenvalue weighted by Crippen LogP contribution is 2.10. The first-order valence-electron chi connectivity index (χ1n) is 6.87. The van der Waals surface area contributed by atoms with Crippen molar-refractivity contribution in [2.45, 2.75) is 0 Å². The Morgan fingerprint density at radius 2 is 1.77 bits per heavy atom. The minimum Gasteiger partial charge on any atom is -0.383 e. The largest absolute Gasteiger partial charge is 0.383 e. The lowest BCUT2D eigenvalue weighted by atomic mass is 10.2. The molecule has 0 saturated heterocycles. The summed E-state index contributed by atoms with van der Waals surface area (Å²) in [4.78, 5) is 14.2. The summed E-state index contributed by atoms with van der Waals surface area (Å²) in [5, 5.41) is 11.0. The molecule has 0 aliphatic heterocycles. The molecule has 2 aromatic rings. The van der Waals surface area contributed by atoms with Gasteiger partial charge in [0, 0.05) is 32.9 Å². The maximum absolute atomic E-state index is 12.5. The van der Waals surface area contributed by atoms with E-state index in [-0.39, 0.29) is 5.91 Å². The van der Waals surface area contributed by atoms with Gasteiger partial charge in [-0.25, -0.2) is 4.68 Å². The van der Waals surface area contributed by atoms with Crippen molar-refractivity contribution in [3.63, 3.8) is 0 Å². The van der Waals surface area contributed by atoms with E-state index in [0.717, 1.165) is 5.69 Å². The van der Waals surface area contributed by atoms with Crippen LogP contribution in [0.15, 0.2) is 30.6 Å². The van der Waals surface area contributed by atoms with Crippen LogP contribution in [0.5, 0.6) is 0 Å². The number of ether oxygens (including phenoxy) is 2. The molecule has 0 aliphatic carbocycles. The Morgan fingerprint density at radius 3 is 2.27 bits per heavy atom. The van der Waals surface area contributed by atoms with Gasteiger partial charge in [-0.15, -0.1) is 5.10 Å². The van der Waals surface area contributed by atoms with E-state index >= 15 is 0 Å². The topological polar surface area (TPSA) is 82.4 Å². The molecule has 8 heteroatoms. The van der Waals surface area contributed by atoms with Gasteiger partial charge >= 0.3 is 0 Å². The molecule has 0 bridgehead atoms. The minimum absolute atomic E-state index is 0.0580. The quantitative estimate of drug-likeness (QED) is 0.702. The summed E-state index contributed by atoms with van der Waals surface area (Å²) >= 11 is 0. The smallest absolute Gasteiger partial charge is 0.254 e. The molecule has 0 aliphatic rings. The lowest BCUT2D eigenvalue weighted by Crippen LogP contribution is -2.36. The van der Waals surface area contributed by atoms with E-state index in [1.54, 1.807) is 43.4 Å². The number of aromatic nitrogens is 4. The van der Waals surface area contributed by atoms with Gasteiger partial charge in [-0.1, -0.05) is 0 Å². The summed E-state index contributed by atoms with van der Waals surface area (Å²) < 4.78 is 11.6. The average molecular weight is 305 g/mol. The number of tetrazole rings is 1. The lowest BCUT2D eigenvalue weighted by molar-refractivity contribution is 0.0627. The summed E-state index contributed by atoms with van der Waals surface area (Å²) in [6, 6.07) is 7.11. The van der Waals surface area contributed by atoms with Crippen LogP contribution in [0, 0.1) is 0 Å². The third kappa shape index (κ3) is 4.09. The van der Waals surface area contributed by atoms with Crippen LogP contribution in [0.1, 0.15) is 10.4 Å². The second-order valence-electron chi connectivity index (χ2n) is 4.58. The van der Waals surface area contributed by atoms with Crippen molar-refractivity contribution in [3.8, 4) is 5.69 Å². The molecule has 0 saturated carbocycles. The van der Waals surface area contributed by atoms with Gasteiger partial charge in [-0.05, 0) is 34.7 Å². The number of benzene rings is 1. The maximum atomic E-state index is 12.5. The van der Waals surface area contributed by atoms with Crippen LogP contribution in [-0.4, -0.2) is 71.5 Å². The zero-order valence-electron chi connectivity index (χ0n) is 12.7. The monoisotopic (exact) mass is 305 g/mol. The molecular weight excluding hydrogens is 286 g/mol. The van der Waals surface area contributed by atoms with E-state index < -0.39 is 0 Å². The van der Waals surface area contributed by atoms with Gasteiger partial charge in [0.05, 0.1) is 18.9 Å². The highest BCUT2D eigenvalue weighted by molar-refractivity contribution is 5.94. The summed E-state index contributed by atoms with van der Waals surface area (Å²) in [7, 11) is 3.22. The number of amides is 1. The lowest BCUT2D eigenvalue weighted by Gasteiger charge is -2.22. The normalized spacial score (nSPS) is 10.6. The average Bonchev–Trinajstić information content (AvgIpc) is 3.09. The van der Waals surface area contributed by atoms with Crippen molar-refractivity contribution in [1.82, 2.24) is 25.1 Å². The Hall–Kier alpha value is -2.32. The van der Waals surface area contributed by atoms with Crippen LogP contribution in [0.3, 0.4) is 0 Å². The molecule has 118 valence electrons. The van der Waals surface area contributed by atoms with Crippen LogP contribution < -0.4 is 0 Å². The minimum atomic E-state index is -0.0580. The Morgan fingerprint density at radius 1 is 1.14 bits per heavy atom. The standard InChI is InChI=1S/C14H19N5O3/c1-21-9-7-18(8-10-22-2)14(20)12-3-5-13(6-4-12)19-11-15-16-17-19/h3-6,11H,7-10H2,1-2H3.